The van der Waals surface area contributed by atoms with Crippen LogP contribution in [0, 0.1) is 0 Å². The summed E-state index contributed by atoms with van der Waals surface area (Å²) in [5.41, 5.74) is 0.191. The minimum Gasteiger partial charge on any atom is -0.394 e. The van der Waals surface area contributed by atoms with Crippen LogP contribution in [0.5, 0.6) is 0 Å². The number of aliphatic hydroxyl groups is 2. The van der Waals surface area contributed by atoms with Crippen LogP contribution in [0.1, 0.15) is 5.82 Å². The summed E-state index contributed by atoms with van der Waals surface area (Å²) in [6.45, 7) is -0.456. The third-order valence-corrected chi connectivity index (χ3v) is 3.58. The Labute approximate surface area is 116 Å². The Morgan fingerprint density at radius 2 is 1.90 bits per heavy atom. The van der Waals surface area contributed by atoms with Crippen LogP contribution in [-0.2, 0) is 6.18 Å². The summed E-state index contributed by atoms with van der Waals surface area (Å²) in [6.07, 6.45) is -5.64. The molecule has 0 fully saturated rings. The lowest BCUT2D eigenvalue weighted by molar-refractivity contribution is -0.145. The van der Waals surface area contributed by atoms with Gasteiger partial charge in [-0.25, -0.2) is 9.97 Å². The first kappa shape index (κ1) is 15.0. The van der Waals surface area contributed by atoms with Gasteiger partial charge in [-0.2, -0.15) is 13.2 Å². The molecule has 0 saturated heterocycles. The van der Waals surface area contributed by atoms with E-state index in [1.165, 1.54) is 6.07 Å². The van der Waals surface area contributed by atoms with Crippen molar-refractivity contribution in [3.8, 4) is 0 Å². The maximum Gasteiger partial charge on any atom is 0.451 e. The molecule has 0 amide bonds. The van der Waals surface area contributed by atoms with E-state index in [4.69, 9.17) is 5.11 Å². The summed E-state index contributed by atoms with van der Waals surface area (Å²) in [6, 6.07) is 6.35. The van der Waals surface area contributed by atoms with E-state index >= 15 is 0 Å². The number of benzene rings is 1. The third kappa shape index (κ3) is 3.38. The molecule has 4 nitrogen and oxygen atoms in total. The first-order chi connectivity index (χ1) is 9.41. The molecule has 1 unspecified atom stereocenters. The van der Waals surface area contributed by atoms with Gasteiger partial charge in [-0.15, -0.1) is 11.8 Å². The topological polar surface area (TPSA) is 66.2 Å². The summed E-state index contributed by atoms with van der Waals surface area (Å²) in [5.74, 6) is -1.16. The summed E-state index contributed by atoms with van der Waals surface area (Å²) in [5, 5.41) is 18.6. The molecule has 1 heterocycles. The van der Waals surface area contributed by atoms with Crippen molar-refractivity contribution in [2.45, 2.75) is 17.3 Å². The molecular formula is C12H11F3N2O2S. The molecule has 1 atom stereocenters. The second kappa shape index (κ2) is 5.94. The van der Waals surface area contributed by atoms with E-state index in [0.717, 1.165) is 11.8 Å². The fourth-order valence-corrected chi connectivity index (χ4v) is 2.45. The Kier molecular flexibility index (Phi) is 4.46. The smallest absolute Gasteiger partial charge is 0.394 e. The molecule has 8 heteroatoms. The van der Waals surface area contributed by atoms with Gasteiger partial charge in [0.2, 0.25) is 5.82 Å². The number of thioether (sulfide) groups is 1. The number of nitrogens with zero attached hydrogens (tertiary/aromatic N) is 2. The average Bonchev–Trinajstić information content (AvgIpc) is 2.43. The second-order valence-corrected chi connectivity index (χ2v) is 5.02. The van der Waals surface area contributed by atoms with Crippen molar-refractivity contribution in [3.63, 3.8) is 0 Å². The minimum absolute atomic E-state index is 0.0504. The van der Waals surface area contributed by atoms with E-state index in [9.17, 15) is 18.3 Å². The van der Waals surface area contributed by atoms with Gasteiger partial charge in [0.05, 0.1) is 18.2 Å². The molecule has 0 bridgehead atoms. The molecule has 0 spiro atoms. The highest BCUT2D eigenvalue weighted by molar-refractivity contribution is 7.99. The lowest BCUT2D eigenvalue weighted by Gasteiger charge is -2.11. The average molecular weight is 304 g/mol. The molecule has 2 N–H and O–H groups in total. The van der Waals surface area contributed by atoms with Crippen LogP contribution >= 0.6 is 11.8 Å². The SMILES string of the molecule is OCC(O)CSc1nc(C(F)(F)F)nc2ccccc12. The fourth-order valence-electron chi connectivity index (χ4n) is 1.51. The zero-order chi connectivity index (χ0) is 14.8. The molecule has 2 aromatic rings. The van der Waals surface area contributed by atoms with Gasteiger partial charge in [-0.3, -0.25) is 0 Å². The van der Waals surface area contributed by atoms with Crippen LogP contribution in [0.2, 0.25) is 0 Å². The molecule has 1 aromatic heterocycles. The molecule has 0 saturated carbocycles. The lowest BCUT2D eigenvalue weighted by atomic mass is 10.2. The molecule has 0 aliphatic heterocycles. The number of alkyl halides is 3. The van der Waals surface area contributed by atoms with Crippen molar-refractivity contribution in [2.24, 2.45) is 0 Å². The zero-order valence-corrected chi connectivity index (χ0v) is 10.9. The Bertz CT molecular complexity index is 607. The standard InChI is InChI=1S/C12H11F3N2O2S/c13-12(14,15)11-16-9-4-2-1-3-8(9)10(17-11)20-6-7(19)5-18/h1-4,7,18-19H,5-6H2. The highest BCUT2D eigenvalue weighted by atomic mass is 32.2. The maximum absolute atomic E-state index is 12.7. The molecule has 108 valence electrons. The van der Waals surface area contributed by atoms with Crippen LogP contribution in [0.3, 0.4) is 0 Å². The Balaban J connectivity index is 2.44. The Morgan fingerprint density at radius 3 is 2.55 bits per heavy atom. The van der Waals surface area contributed by atoms with Crippen molar-refractivity contribution < 1.29 is 23.4 Å². The zero-order valence-electron chi connectivity index (χ0n) is 10.1. The minimum atomic E-state index is -4.63. The number of rotatable bonds is 4. The van der Waals surface area contributed by atoms with E-state index in [1.807, 2.05) is 0 Å². The summed E-state index contributed by atoms with van der Waals surface area (Å²) >= 11 is 0.952. The Morgan fingerprint density at radius 1 is 1.20 bits per heavy atom. The number of aromatic nitrogens is 2. The quantitative estimate of drug-likeness (QED) is 0.669. The van der Waals surface area contributed by atoms with Gasteiger partial charge < -0.3 is 10.2 Å². The van der Waals surface area contributed by atoms with Crippen molar-refractivity contribution in [1.29, 1.82) is 0 Å². The van der Waals surface area contributed by atoms with Gasteiger partial charge in [0.1, 0.15) is 5.03 Å². The molecule has 0 aliphatic carbocycles. The number of aliphatic hydroxyl groups excluding tert-OH is 2. The molecule has 0 radical (unpaired) electrons. The van der Waals surface area contributed by atoms with E-state index in [-0.39, 0.29) is 16.3 Å². The van der Waals surface area contributed by atoms with Gasteiger partial charge >= 0.3 is 6.18 Å². The third-order valence-electron chi connectivity index (χ3n) is 2.44. The van der Waals surface area contributed by atoms with Crippen LogP contribution in [-0.4, -0.2) is 38.6 Å². The fraction of sp³-hybridized carbons (Fsp3) is 0.333. The van der Waals surface area contributed by atoms with Crippen LogP contribution < -0.4 is 0 Å². The Hall–Kier alpha value is -1.38. The van der Waals surface area contributed by atoms with Crippen LogP contribution in [0.4, 0.5) is 13.2 Å². The largest absolute Gasteiger partial charge is 0.451 e. The number of halogens is 3. The number of para-hydroxylation sites is 1. The number of hydrogen-bond acceptors (Lipinski definition) is 5. The van der Waals surface area contributed by atoms with Crippen molar-refractivity contribution in [3.05, 3.63) is 30.1 Å². The molecular weight excluding hydrogens is 293 g/mol. The summed E-state index contributed by atoms with van der Waals surface area (Å²) < 4.78 is 38.2. The number of hydrogen-bond donors (Lipinski definition) is 2. The van der Waals surface area contributed by atoms with E-state index in [2.05, 4.69) is 9.97 Å². The molecule has 2 rings (SSSR count). The molecule has 20 heavy (non-hydrogen) atoms. The van der Waals surface area contributed by atoms with Crippen molar-refractivity contribution >= 4 is 22.7 Å². The first-order valence-corrected chi connectivity index (χ1v) is 6.66. The highest BCUT2D eigenvalue weighted by Gasteiger charge is 2.35. The summed E-state index contributed by atoms with van der Waals surface area (Å²) in [4.78, 5) is 7.01. The number of fused-ring (bicyclic) bond motifs is 1. The van der Waals surface area contributed by atoms with Crippen molar-refractivity contribution in [2.75, 3.05) is 12.4 Å². The van der Waals surface area contributed by atoms with Gasteiger partial charge in [0, 0.05) is 11.1 Å². The van der Waals surface area contributed by atoms with Gasteiger partial charge in [0.25, 0.3) is 0 Å². The van der Waals surface area contributed by atoms with Crippen molar-refractivity contribution in [1.82, 2.24) is 9.97 Å². The van der Waals surface area contributed by atoms with Crippen LogP contribution in [0.15, 0.2) is 29.3 Å². The first-order valence-electron chi connectivity index (χ1n) is 5.67. The molecule has 1 aromatic carbocycles. The predicted octanol–water partition coefficient (Wildman–Crippen LogP) is 2.09. The highest BCUT2D eigenvalue weighted by Crippen LogP contribution is 2.32. The van der Waals surface area contributed by atoms with Gasteiger partial charge in [0.15, 0.2) is 0 Å². The van der Waals surface area contributed by atoms with E-state index in [1.54, 1.807) is 18.2 Å². The predicted molar refractivity (Wildman–Crippen MR) is 68.4 cm³/mol. The van der Waals surface area contributed by atoms with E-state index < -0.39 is 24.7 Å². The molecule has 0 aliphatic rings. The second-order valence-electron chi connectivity index (χ2n) is 4.01. The van der Waals surface area contributed by atoms with E-state index in [0.29, 0.717) is 5.39 Å². The van der Waals surface area contributed by atoms with Gasteiger partial charge in [-0.1, -0.05) is 18.2 Å². The van der Waals surface area contributed by atoms with Gasteiger partial charge in [-0.05, 0) is 6.07 Å². The maximum atomic E-state index is 12.7. The monoisotopic (exact) mass is 304 g/mol. The normalized spacial score (nSPS) is 13.7. The lowest BCUT2D eigenvalue weighted by Crippen LogP contribution is -2.16. The van der Waals surface area contributed by atoms with Crippen LogP contribution in [0.25, 0.3) is 10.9 Å². The summed E-state index contributed by atoms with van der Waals surface area (Å²) in [7, 11) is 0.